The number of nitrogens with two attached hydrogens (primary N) is 1. The van der Waals surface area contributed by atoms with E-state index in [9.17, 15) is 0 Å². The summed E-state index contributed by atoms with van der Waals surface area (Å²) >= 11 is 0. The first-order chi connectivity index (χ1) is 5.74. The van der Waals surface area contributed by atoms with E-state index in [-0.39, 0.29) is 6.10 Å². The molecule has 0 radical (unpaired) electrons. The highest BCUT2D eigenvalue weighted by Crippen LogP contribution is 2.04. The molecule has 0 rings (SSSR count). The summed E-state index contributed by atoms with van der Waals surface area (Å²) in [6.07, 6.45) is 6.14. The van der Waals surface area contributed by atoms with Gasteiger partial charge in [0.15, 0.2) is 0 Å². The van der Waals surface area contributed by atoms with Crippen LogP contribution in [0, 0.1) is 0 Å². The van der Waals surface area contributed by atoms with Gasteiger partial charge in [0, 0.05) is 13.7 Å². The van der Waals surface area contributed by atoms with Crippen LogP contribution in [0.5, 0.6) is 0 Å². The van der Waals surface area contributed by atoms with E-state index in [2.05, 4.69) is 12.7 Å². The van der Waals surface area contributed by atoms with Gasteiger partial charge < -0.3 is 10.5 Å². The van der Waals surface area contributed by atoms with Crippen LogP contribution in [0.25, 0.3) is 0 Å². The van der Waals surface area contributed by atoms with E-state index in [1.165, 1.54) is 5.57 Å². The van der Waals surface area contributed by atoms with Crippen molar-refractivity contribution in [1.29, 1.82) is 0 Å². The average Bonchev–Trinajstić information content (AvgIpc) is 2.12. The van der Waals surface area contributed by atoms with Crippen LogP contribution < -0.4 is 5.73 Å². The van der Waals surface area contributed by atoms with E-state index in [4.69, 9.17) is 10.5 Å². The third-order valence-corrected chi connectivity index (χ3v) is 1.83. The van der Waals surface area contributed by atoms with Gasteiger partial charge in [-0.2, -0.15) is 0 Å². The van der Waals surface area contributed by atoms with Gasteiger partial charge in [0.2, 0.25) is 0 Å². The summed E-state index contributed by atoms with van der Waals surface area (Å²) in [6.45, 7) is 6.36. The lowest BCUT2D eigenvalue weighted by molar-refractivity contribution is 0.135. The smallest absolute Gasteiger partial charge is 0.0752 e. The first-order valence-corrected chi connectivity index (χ1v) is 4.25. The van der Waals surface area contributed by atoms with Crippen LogP contribution >= 0.6 is 0 Å². The van der Waals surface area contributed by atoms with Crippen LogP contribution in [0.1, 0.15) is 19.8 Å². The standard InChI is InChI=1S/C10H19NO/c1-4-10(12-3)7-5-6-9(2)8-11/h4,6,10H,1,5,7-8,11H2,2-3H3/b9-6-. The number of hydrogen-bond donors (Lipinski definition) is 1. The molecule has 0 spiro atoms. The third-order valence-electron chi connectivity index (χ3n) is 1.83. The van der Waals surface area contributed by atoms with Crippen molar-refractivity contribution in [3.63, 3.8) is 0 Å². The number of methoxy groups -OCH3 is 1. The predicted molar refractivity (Wildman–Crippen MR) is 53.0 cm³/mol. The molecule has 2 heteroatoms. The van der Waals surface area contributed by atoms with Crippen molar-refractivity contribution in [2.45, 2.75) is 25.9 Å². The lowest BCUT2D eigenvalue weighted by Crippen LogP contribution is -2.05. The van der Waals surface area contributed by atoms with Gasteiger partial charge in [0.1, 0.15) is 0 Å². The van der Waals surface area contributed by atoms with E-state index < -0.39 is 0 Å². The van der Waals surface area contributed by atoms with E-state index in [1.54, 1.807) is 7.11 Å². The molecule has 0 aliphatic rings. The molecule has 0 aromatic heterocycles. The Kier molecular flexibility index (Phi) is 6.72. The topological polar surface area (TPSA) is 35.2 Å². The quantitative estimate of drug-likeness (QED) is 0.616. The van der Waals surface area contributed by atoms with Gasteiger partial charge in [-0.25, -0.2) is 0 Å². The van der Waals surface area contributed by atoms with Crippen molar-refractivity contribution in [1.82, 2.24) is 0 Å². The molecule has 1 atom stereocenters. The first-order valence-electron chi connectivity index (χ1n) is 4.25. The van der Waals surface area contributed by atoms with Crippen molar-refractivity contribution in [2.24, 2.45) is 5.73 Å². The summed E-state index contributed by atoms with van der Waals surface area (Å²) in [5.41, 5.74) is 6.66. The Morgan fingerprint density at radius 1 is 1.67 bits per heavy atom. The van der Waals surface area contributed by atoms with Gasteiger partial charge in [0.05, 0.1) is 6.10 Å². The second-order valence-electron chi connectivity index (χ2n) is 2.84. The Labute approximate surface area is 75.1 Å². The van der Waals surface area contributed by atoms with Crippen molar-refractivity contribution in [3.8, 4) is 0 Å². The normalized spacial score (nSPS) is 14.4. The minimum absolute atomic E-state index is 0.173. The summed E-state index contributed by atoms with van der Waals surface area (Å²) < 4.78 is 5.14. The molecule has 0 heterocycles. The first kappa shape index (κ1) is 11.4. The van der Waals surface area contributed by atoms with Gasteiger partial charge in [-0.1, -0.05) is 17.7 Å². The van der Waals surface area contributed by atoms with Crippen LogP contribution in [-0.2, 0) is 4.74 Å². The molecule has 12 heavy (non-hydrogen) atoms. The number of allylic oxidation sites excluding steroid dienone is 1. The van der Waals surface area contributed by atoms with Crippen molar-refractivity contribution >= 4 is 0 Å². The molecule has 2 N–H and O–H groups in total. The summed E-state index contributed by atoms with van der Waals surface area (Å²) in [5.74, 6) is 0. The largest absolute Gasteiger partial charge is 0.377 e. The number of hydrogen-bond acceptors (Lipinski definition) is 2. The van der Waals surface area contributed by atoms with Gasteiger partial charge in [-0.15, -0.1) is 6.58 Å². The highest BCUT2D eigenvalue weighted by atomic mass is 16.5. The van der Waals surface area contributed by atoms with Gasteiger partial charge in [0.25, 0.3) is 0 Å². The fraction of sp³-hybridized carbons (Fsp3) is 0.600. The zero-order valence-corrected chi connectivity index (χ0v) is 8.05. The Morgan fingerprint density at radius 2 is 2.33 bits per heavy atom. The molecule has 2 nitrogen and oxygen atoms in total. The second kappa shape index (κ2) is 7.07. The lowest BCUT2D eigenvalue weighted by atomic mass is 10.1. The monoisotopic (exact) mass is 169 g/mol. The zero-order chi connectivity index (χ0) is 9.40. The van der Waals surface area contributed by atoms with Crippen LogP contribution in [0.2, 0.25) is 0 Å². The fourth-order valence-corrected chi connectivity index (χ4v) is 0.909. The van der Waals surface area contributed by atoms with Crippen molar-refractivity contribution < 1.29 is 4.74 Å². The van der Waals surface area contributed by atoms with E-state index in [0.717, 1.165) is 12.8 Å². The molecule has 0 aromatic rings. The highest BCUT2D eigenvalue weighted by molar-refractivity contribution is 4.99. The van der Waals surface area contributed by atoms with Crippen molar-refractivity contribution in [2.75, 3.05) is 13.7 Å². The summed E-state index contributed by atoms with van der Waals surface area (Å²) in [5, 5.41) is 0. The molecular weight excluding hydrogens is 150 g/mol. The Morgan fingerprint density at radius 3 is 2.75 bits per heavy atom. The third kappa shape index (κ3) is 5.10. The van der Waals surface area contributed by atoms with Crippen molar-refractivity contribution in [3.05, 3.63) is 24.3 Å². The minimum Gasteiger partial charge on any atom is -0.377 e. The Hall–Kier alpha value is -0.600. The van der Waals surface area contributed by atoms with Gasteiger partial charge in [-0.05, 0) is 19.8 Å². The molecule has 0 saturated heterocycles. The lowest BCUT2D eigenvalue weighted by Gasteiger charge is -2.07. The minimum atomic E-state index is 0.173. The molecular formula is C10H19NO. The Balaban J connectivity index is 3.60. The highest BCUT2D eigenvalue weighted by Gasteiger charge is 1.98. The summed E-state index contributed by atoms with van der Waals surface area (Å²) in [6, 6.07) is 0. The van der Waals surface area contributed by atoms with E-state index >= 15 is 0 Å². The molecule has 0 aliphatic carbocycles. The average molecular weight is 169 g/mol. The van der Waals surface area contributed by atoms with E-state index in [0.29, 0.717) is 6.54 Å². The second-order valence-corrected chi connectivity index (χ2v) is 2.84. The summed E-state index contributed by atoms with van der Waals surface area (Å²) in [7, 11) is 1.70. The fourth-order valence-electron chi connectivity index (χ4n) is 0.909. The zero-order valence-electron chi connectivity index (χ0n) is 8.05. The molecule has 0 amide bonds. The molecule has 0 bridgehead atoms. The molecule has 0 aromatic carbocycles. The maximum atomic E-state index is 5.43. The number of ether oxygens (including phenoxy) is 1. The van der Waals surface area contributed by atoms with Crippen LogP contribution in [-0.4, -0.2) is 19.8 Å². The maximum absolute atomic E-state index is 5.43. The molecule has 0 fully saturated rings. The Bertz CT molecular complexity index is 152. The molecule has 70 valence electrons. The predicted octanol–water partition coefficient (Wildman–Crippen LogP) is 1.87. The maximum Gasteiger partial charge on any atom is 0.0752 e. The van der Waals surface area contributed by atoms with Crippen LogP contribution in [0.15, 0.2) is 24.3 Å². The molecule has 0 aliphatic heterocycles. The van der Waals surface area contributed by atoms with Gasteiger partial charge >= 0.3 is 0 Å². The van der Waals surface area contributed by atoms with Crippen LogP contribution in [0.4, 0.5) is 0 Å². The van der Waals surface area contributed by atoms with Gasteiger partial charge in [-0.3, -0.25) is 0 Å². The van der Waals surface area contributed by atoms with Crippen LogP contribution in [0.3, 0.4) is 0 Å². The number of rotatable bonds is 6. The molecule has 1 unspecified atom stereocenters. The SMILES string of the molecule is C=CC(CC/C=C(/C)CN)OC. The van der Waals surface area contributed by atoms with E-state index in [1.807, 2.05) is 13.0 Å². The molecule has 0 saturated carbocycles. The summed E-state index contributed by atoms with van der Waals surface area (Å²) in [4.78, 5) is 0.